The van der Waals surface area contributed by atoms with Gasteiger partial charge in [0.25, 0.3) is 0 Å². The Morgan fingerprint density at radius 1 is 1.64 bits per heavy atom. The number of amidine groups is 1. The van der Waals surface area contributed by atoms with Crippen LogP contribution < -0.4 is 11.1 Å². The molecular formula is C9H19N3O2. The molecule has 0 heterocycles. The largest absolute Gasteiger partial charge is 0.409 e. The molecule has 1 rings (SSSR count). The fraction of sp³-hybridized carbons (Fsp3) is 0.889. The van der Waals surface area contributed by atoms with Crippen LogP contribution in [0, 0.1) is 0 Å². The Labute approximate surface area is 84.0 Å². The Morgan fingerprint density at radius 2 is 2.29 bits per heavy atom. The summed E-state index contributed by atoms with van der Waals surface area (Å²) in [7, 11) is 0. The van der Waals surface area contributed by atoms with Gasteiger partial charge in [-0.25, -0.2) is 0 Å². The van der Waals surface area contributed by atoms with E-state index in [1.165, 1.54) is 0 Å². The first-order valence-electron chi connectivity index (χ1n) is 5.04. The first kappa shape index (κ1) is 11.3. The third-order valence-electron chi connectivity index (χ3n) is 2.84. The predicted molar refractivity (Wildman–Crippen MR) is 54.3 cm³/mol. The average Bonchev–Trinajstić information content (AvgIpc) is 2.15. The van der Waals surface area contributed by atoms with Crippen LogP contribution in [-0.2, 0) is 0 Å². The lowest BCUT2D eigenvalue weighted by molar-refractivity contribution is -0.0320. The summed E-state index contributed by atoms with van der Waals surface area (Å²) in [6, 6.07) is -0.148. The van der Waals surface area contributed by atoms with Crippen molar-refractivity contribution in [3.63, 3.8) is 0 Å². The Hall–Kier alpha value is -0.810. The molecule has 82 valence electrons. The molecule has 0 spiro atoms. The summed E-state index contributed by atoms with van der Waals surface area (Å²) in [6.07, 6.45) is 3.50. The van der Waals surface area contributed by atoms with Crippen molar-refractivity contribution in [1.82, 2.24) is 5.32 Å². The van der Waals surface area contributed by atoms with Crippen LogP contribution >= 0.6 is 0 Å². The van der Waals surface area contributed by atoms with Gasteiger partial charge in [0, 0.05) is 6.54 Å². The van der Waals surface area contributed by atoms with E-state index in [1.807, 2.05) is 6.92 Å². The van der Waals surface area contributed by atoms with Crippen LogP contribution in [0.1, 0.15) is 32.6 Å². The first-order valence-corrected chi connectivity index (χ1v) is 5.04. The minimum Gasteiger partial charge on any atom is -0.409 e. The van der Waals surface area contributed by atoms with Gasteiger partial charge in [0.2, 0.25) is 0 Å². The Kier molecular flexibility index (Phi) is 3.71. The second-order valence-corrected chi connectivity index (χ2v) is 3.94. The summed E-state index contributed by atoms with van der Waals surface area (Å²) in [5.74, 6) is 0.176. The summed E-state index contributed by atoms with van der Waals surface area (Å²) in [4.78, 5) is 0. The maximum Gasteiger partial charge on any atom is 0.156 e. The highest BCUT2D eigenvalue weighted by Crippen LogP contribution is 2.30. The van der Waals surface area contributed by atoms with Crippen LogP contribution in [0.5, 0.6) is 0 Å². The van der Waals surface area contributed by atoms with Crippen LogP contribution in [0.3, 0.4) is 0 Å². The smallest absolute Gasteiger partial charge is 0.156 e. The van der Waals surface area contributed by atoms with Crippen molar-refractivity contribution in [2.24, 2.45) is 10.9 Å². The van der Waals surface area contributed by atoms with E-state index < -0.39 is 5.60 Å². The number of hydrogen-bond donors (Lipinski definition) is 4. The number of nitrogens with one attached hydrogen (secondary N) is 1. The van der Waals surface area contributed by atoms with E-state index in [-0.39, 0.29) is 11.9 Å². The summed E-state index contributed by atoms with van der Waals surface area (Å²) in [6.45, 7) is 2.46. The van der Waals surface area contributed by atoms with E-state index in [0.717, 1.165) is 25.7 Å². The molecule has 0 aromatic carbocycles. The highest BCUT2D eigenvalue weighted by molar-refractivity contribution is 5.85. The van der Waals surface area contributed by atoms with Crippen LogP contribution in [0.15, 0.2) is 5.16 Å². The Morgan fingerprint density at radius 3 is 2.64 bits per heavy atom. The van der Waals surface area contributed by atoms with E-state index in [1.54, 1.807) is 0 Å². The quantitative estimate of drug-likeness (QED) is 0.218. The highest BCUT2D eigenvalue weighted by Gasteiger charge is 2.34. The molecule has 5 heteroatoms. The minimum absolute atomic E-state index is 0.148. The molecule has 0 aliphatic heterocycles. The maximum atomic E-state index is 9.80. The summed E-state index contributed by atoms with van der Waals surface area (Å²) >= 11 is 0. The molecule has 0 radical (unpaired) electrons. The van der Waals surface area contributed by atoms with Crippen molar-refractivity contribution >= 4 is 5.84 Å². The number of oxime groups is 1. The third-order valence-corrected chi connectivity index (χ3v) is 2.84. The van der Waals surface area contributed by atoms with E-state index in [4.69, 9.17) is 10.9 Å². The Balaban J connectivity index is 2.34. The van der Waals surface area contributed by atoms with E-state index >= 15 is 0 Å². The summed E-state index contributed by atoms with van der Waals surface area (Å²) < 4.78 is 0. The minimum atomic E-state index is -0.566. The molecule has 0 saturated heterocycles. The molecule has 1 aliphatic rings. The van der Waals surface area contributed by atoms with Crippen molar-refractivity contribution < 1.29 is 10.3 Å². The lowest BCUT2D eigenvalue weighted by Crippen LogP contribution is -2.51. The highest BCUT2D eigenvalue weighted by atomic mass is 16.4. The summed E-state index contributed by atoms with van der Waals surface area (Å²) in [5, 5.41) is 24.4. The van der Waals surface area contributed by atoms with Gasteiger partial charge in [-0.05, 0) is 25.7 Å². The lowest BCUT2D eigenvalue weighted by atomic mass is 9.80. The molecule has 5 nitrogen and oxygen atoms in total. The monoisotopic (exact) mass is 201 g/mol. The SMILES string of the molecule is CCC(NCC1(O)CCC1)C(N)=NO. The first-order chi connectivity index (χ1) is 6.61. The maximum absolute atomic E-state index is 9.80. The van der Waals surface area contributed by atoms with Crippen molar-refractivity contribution in [2.75, 3.05) is 6.54 Å². The molecule has 0 aromatic heterocycles. The molecule has 1 aliphatic carbocycles. The normalized spacial score (nSPS) is 22.9. The summed E-state index contributed by atoms with van der Waals surface area (Å²) in [5.41, 5.74) is 4.91. The fourth-order valence-corrected chi connectivity index (χ4v) is 1.60. The van der Waals surface area contributed by atoms with Crippen LogP contribution in [0.2, 0.25) is 0 Å². The molecule has 0 bridgehead atoms. The number of rotatable bonds is 5. The van der Waals surface area contributed by atoms with Crippen molar-refractivity contribution in [3.8, 4) is 0 Å². The number of nitrogens with zero attached hydrogens (tertiary/aromatic N) is 1. The van der Waals surface area contributed by atoms with Gasteiger partial charge in [0.05, 0.1) is 11.6 Å². The van der Waals surface area contributed by atoms with E-state index in [2.05, 4.69) is 10.5 Å². The van der Waals surface area contributed by atoms with Crippen molar-refractivity contribution in [3.05, 3.63) is 0 Å². The second-order valence-electron chi connectivity index (χ2n) is 3.94. The molecule has 1 unspecified atom stereocenters. The molecule has 1 saturated carbocycles. The number of nitrogens with two attached hydrogens (primary N) is 1. The van der Waals surface area contributed by atoms with Crippen molar-refractivity contribution in [2.45, 2.75) is 44.2 Å². The van der Waals surface area contributed by atoms with Gasteiger partial charge in [-0.3, -0.25) is 0 Å². The van der Waals surface area contributed by atoms with Gasteiger partial charge in [0.1, 0.15) is 0 Å². The van der Waals surface area contributed by atoms with Gasteiger partial charge >= 0.3 is 0 Å². The molecular weight excluding hydrogens is 182 g/mol. The number of aliphatic hydroxyl groups is 1. The molecule has 1 atom stereocenters. The third kappa shape index (κ3) is 2.59. The average molecular weight is 201 g/mol. The molecule has 0 amide bonds. The molecule has 5 N–H and O–H groups in total. The van der Waals surface area contributed by atoms with Crippen LogP contribution in [0.25, 0.3) is 0 Å². The van der Waals surface area contributed by atoms with Gasteiger partial charge in [-0.15, -0.1) is 0 Å². The van der Waals surface area contributed by atoms with Gasteiger partial charge in [-0.2, -0.15) is 0 Å². The topological polar surface area (TPSA) is 90.9 Å². The second kappa shape index (κ2) is 4.61. The zero-order valence-electron chi connectivity index (χ0n) is 8.53. The van der Waals surface area contributed by atoms with Crippen LogP contribution in [0.4, 0.5) is 0 Å². The number of hydrogen-bond acceptors (Lipinski definition) is 4. The van der Waals surface area contributed by atoms with Crippen molar-refractivity contribution in [1.29, 1.82) is 0 Å². The van der Waals surface area contributed by atoms with E-state index in [9.17, 15) is 5.11 Å². The van der Waals surface area contributed by atoms with Gasteiger partial charge in [-0.1, -0.05) is 12.1 Å². The standard InChI is InChI=1S/C9H19N3O2/c1-2-7(8(10)12-14)11-6-9(13)4-3-5-9/h7,11,13-14H,2-6H2,1H3,(H2,10,12). The molecule has 0 aromatic rings. The zero-order valence-corrected chi connectivity index (χ0v) is 8.53. The zero-order chi connectivity index (χ0) is 10.6. The Bertz CT molecular complexity index is 214. The lowest BCUT2D eigenvalue weighted by Gasteiger charge is -2.37. The van der Waals surface area contributed by atoms with E-state index in [0.29, 0.717) is 6.54 Å². The van der Waals surface area contributed by atoms with Gasteiger partial charge in [0.15, 0.2) is 5.84 Å². The molecule has 14 heavy (non-hydrogen) atoms. The molecule has 1 fully saturated rings. The fourth-order valence-electron chi connectivity index (χ4n) is 1.60. The van der Waals surface area contributed by atoms with Gasteiger partial charge < -0.3 is 21.4 Å². The predicted octanol–water partition coefficient (Wildman–Crippen LogP) is 0.0160. The van der Waals surface area contributed by atoms with Crippen LogP contribution in [-0.4, -0.2) is 34.3 Å².